The molecule has 1 saturated heterocycles. The van der Waals surface area contributed by atoms with E-state index < -0.39 is 10.0 Å². The summed E-state index contributed by atoms with van der Waals surface area (Å²) in [5.74, 6) is 0.401. The number of fused-ring (bicyclic) bond motifs is 2. The van der Waals surface area contributed by atoms with Gasteiger partial charge in [-0.3, -0.25) is 9.69 Å². The van der Waals surface area contributed by atoms with Crippen LogP contribution in [0.3, 0.4) is 0 Å². The number of ether oxygens (including phenoxy) is 1. The molecular weight excluding hydrogens is 474 g/mol. The molecule has 1 fully saturated rings. The van der Waals surface area contributed by atoms with Gasteiger partial charge in [0.2, 0.25) is 15.9 Å². The third kappa shape index (κ3) is 4.67. The number of hydrogen-bond acceptors (Lipinski definition) is 5. The summed E-state index contributed by atoms with van der Waals surface area (Å²) in [6.07, 6.45) is 0. The fraction of sp³-hybridized carbons (Fsp3) is 0.240. The smallest absolute Gasteiger partial charge is 0.243 e. The quantitative estimate of drug-likeness (QED) is 0.596. The molecule has 1 atom stereocenters. The van der Waals surface area contributed by atoms with Crippen LogP contribution in [0.25, 0.3) is 11.1 Å². The van der Waals surface area contributed by atoms with Crippen LogP contribution in [0.4, 0.5) is 5.69 Å². The van der Waals surface area contributed by atoms with E-state index in [0.717, 1.165) is 11.1 Å². The Hall–Kier alpha value is -2.91. The monoisotopic (exact) mass is 497 g/mol. The molecule has 0 bridgehead atoms. The lowest BCUT2D eigenvalue weighted by Crippen LogP contribution is -2.57. The predicted molar refractivity (Wildman–Crippen MR) is 132 cm³/mol. The van der Waals surface area contributed by atoms with Gasteiger partial charge >= 0.3 is 0 Å². The molecule has 0 unspecified atom stereocenters. The summed E-state index contributed by atoms with van der Waals surface area (Å²) in [6.45, 7) is 1.35. The Kier molecular flexibility index (Phi) is 6.31. The van der Waals surface area contributed by atoms with Gasteiger partial charge in [-0.15, -0.1) is 0 Å². The number of rotatable bonds is 3. The molecule has 1 amide bonds. The number of nitrogens with zero attached hydrogens (tertiary/aromatic N) is 2. The molecule has 34 heavy (non-hydrogen) atoms. The van der Waals surface area contributed by atoms with E-state index >= 15 is 0 Å². The standard InChI is InChI=1S/C25H24ClN3O4S/c26-20-7-4-8-22(14-20)34(31,32)29-12-11-28-16-25(30)27-23-13-19(18-5-2-1-3-6-18)9-10-24(23)33-17-21(28)15-29/h1-10,13-14,21H,11-12,15-17H2,(H,27,30)/t21-/m0/s1. The molecule has 0 aromatic heterocycles. The van der Waals surface area contributed by atoms with Gasteiger partial charge in [-0.05, 0) is 41.5 Å². The number of anilines is 1. The van der Waals surface area contributed by atoms with Crippen molar-refractivity contribution in [1.82, 2.24) is 9.21 Å². The highest BCUT2D eigenvalue weighted by Gasteiger charge is 2.36. The molecule has 0 radical (unpaired) electrons. The number of hydrogen-bond donors (Lipinski definition) is 1. The minimum atomic E-state index is -3.71. The molecule has 5 rings (SSSR count). The van der Waals surface area contributed by atoms with Crippen molar-refractivity contribution in [1.29, 1.82) is 0 Å². The first kappa shape index (κ1) is 22.9. The lowest BCUT2D eigenvalue weighted by molar-refractivity contribution is -0.118. The third-order valence-electron chi connectivity index (χ3n) is 6.14. The molecule has 9 heteroatoms. The van der Waals surface area contributed by atoms with Gasteiger partial charge in [0.1, 0.15) is 12.4 Å². The van der Waals surface area contributed by atoms with E-state index in [-0.39, 0.29) is 43.1 Å². The van der Waals surface area contributed by atoms with E-state index in [1.807, 2.05) is 53.4 Å². The normalized spacial score (nSPS) is 19.6. The van der Waals surface area contributed by atoms with E-state index in [0.29, 0.717) is 23.0 Å². The fourth-order valence-corrected chi connectivity index (χ4v) is 6.12. The lowest BCUT2D eigenvalue weighted by atomic mass is 10.0. The van der Waals surface area contributed by atoms with E-state index in [1.165, 1.54) is 10.4 Å². The fourth-order valence-electron chi connectivity index (χ4n) is 4.35. The number of halogens is 1. The minimum absolute atomic E-state index is 0.159. The summed E-state index contributed by atoms with van der Waals surface area (Å²) in [5, 5.41) is 3.34. The number of sulfonamides is 1. The first-order chi connectivity index (χ1) is 16.4. The predicted octanol–water partition coefficient (Wildman–Crippen LogP) is 3.71. The van der Waals surface area contributed by atoms with Crippen molar-refractivity contribution >= 4 is 33.2 Å². The maximum atomic E-state index is 13.2. The Bertz CT molecular complexity index is 1320. The van der Waals surface area contributed by atoms with Gasteiger partial charge < -0.3 is 10.1 Å². The molecule has 0 spiro atoms. The Morgan fingerprint density at radius 2 is 1.76 bits per heavy atom. The summed E-state index contributed by atoms with van der Waals surface area (Å²) in [5.41, 5.74) is 2.62. The van der Waals surface area contributed by atoms with E-state index in [2.05, 4.69) is 5.32 Å². The van der Waals surface area contributed by atoms with Gasteiger partial charge in [0, 0.05) is 24.7 Å². The Morgan fingerprint density at radius 1 is 0.941 bits per heavy atom. The van der Waals surface area contributed by atoms with Gasteiger partial charge in [-0.2, -0.15) is 4.31 Å². The Morgan fingerprint density at radius 3 is 2.56 bits per heavy atom. The topological polar surface area (TPSA) is 79.0 Å². The first-order valence-electron chi connectivity index (χ1n) is 11.0. The summed E-state index contributed by atoms with van der Waals surface area (Å²) in [4.78, 5) is 15.0. The van der Waals surface area contributed by atoms with Crippen molar-refractivity contribution in [2.75, 3.05) is 38.1 Å². The lowest BCUT2D eigenvalue weighted by Gasteiger charge is -2.39. The highest BCUT2D eigenvalue weighted by atomic mass is 35.5. The Labute approximate surface area is 203 Å². The maximum absolute atomic E-state index is 13.2. The highest BCUT2D eigenvalue weighted by Crippen LogP contribution is 2.32. The van der Waals surface area contributed by atoms with Crippen LogP contribution in [-0.2, 0) is 14.8 Å². The molecule has 2 aliphatic heterocycles. The molecule has 2 aliphatic rings. The zero-order valence-corrected chi connectivity index (χ0v) is 19.9. The van der Waals surface area contributed by atoms with Crippen LogP contribution in [-0.4, -0.2) is 62.4 Å². The molecule has 2 heterocycles. The SMILES string of the molecule is O=C1CN2CCN(S(=O)(=O)c3cccc(Cl)c3)C[C@H]2COc2ccc(-c3ccccc3)cc2N1. The van der Waals surface area contributed by atoms with Crippen LogP contribution in [0.1, 0.15) is 0 Å². The number of nitrogens with one attached hydrogen (secondary N) is 1. The second-order valence-electron chi connectivity index (χ2n) is 8.38. The van der Waals surface area contributed by atoms with E-state index in [4.69, 9.17) is 16.3 Å². The van der Waals surface area contributed by atoms with Crippen LogP contribution in [0.15, 0.2) is 77.7 Å². The summed E-state index contributed by atoms with van der Waals surface area (Å²) in [6, 6.07) is 21.6. The zero-order valence-electron chi connectivity index (χ0n) is 18.4. The molecule has 0 saturated carbocycles. The minimum Gasteiger partial charge on any atom is -0.490 e. The highest BCUT2D eigenvalue weighted by molar-refractivity contribution is 7.89. The second kappa shape index (κ2) is 9.38. The van der Waals surface area contributed by atoms with Crippen molar-refractivity contribution < 1.29 is 17.9 Å². The molecule has 176 valence electrons. The number of carbonyl (C=O) groups excluding carboxylic acids is 1. The third-order valence-corrected chi connectivity index (χ3v) is 8.24. The number of amides is 1. The molecule has 3 aromatic carbocycles. The van der Waals surface area contributed by atoms with Crippen molar-refractivity contribution in [3.05, 3.63) is 77.8 Å². The van der Waals surface area contributed by atoms with E-state index in [9.17, 15) is 13.2 Å². The van der Waals surface area contributed by atoms with Gasteiger partial charge in [0.05, 0.1) is 23.2 Å². The van der Waals surface area contributed by atoms with Gasteiger partial charge in [0.15, 0.2) is 0 Å². The van der Waals surface area contributed by atoms with Crippen molar-refractivity contribution in [2.24, 2.45) is 0 Å². The second-order valence-corrected chi connectivity index (χ2v) is 10.8. The zero-order chi connectivity index (χ0) is 23.7. The molecule has 3 aromatic rings. The van der Waals surface area contributed by atoms with Crippen molar-refractivity contribution in [3.8, 4) is 16.9 Å². The van der Waals surface area contributed by atoms with Crippen molar-refractivity contribution in [3.63, 3.8) is 0 Å². The Balaban J connectivity index is 1.38. The molecule has 7 nitrogen and oxygen atoms in total. The van der Waals surface area contributed by atoms with E-state index in [1.54, 1.807) is 18.2 Å². The molecular formula is C25H24ClN3O4S. The van der Waals surface area contributed by atoms with Crippen LogP contribution in [0.2, 0.25) is 5.02 Å². The first-order valence-corrected chi connectivity index (χ1v) is 12.8. The van der Waals surface area contributed by atoms with Crippen LogP contribution >= 0.6 is 11.6 Å². The number of piperazine rings is 1. The van der Waals surface area contributed by atoms with Gasteiger partial charge in [0.25, 0.3) is 0 Å². The van der Waals surface area contributed by atoms with Crippen molar-refractivity contribution in [2.45, 2.75) is 10.9 Å². The van der Waals surface area contributed by atoms with Crippen LogP contribution < -0.4 is 10.1 Å². The summed E-state index contributed by atoms with van der Waals surface area (Å²) in [7, 11) is -3.71. The van der Waals surface area contributed by atoms with Gasteiger partial charge in [-0.1, -0.05) is 54.1 Å². The molecule has 1 N–H and O–H groups in total. The number of carbonyl (C=O) groups is 1. The summed E-state index contributed by atoms with van der Waals surface area (Å²) < 4.78 is 33.9. The van der Waals surface area contributed by atoms with Gasteiger partial charge in [-0.25, -0.2) is 8.42 Å². The maximum Gasteiger partial charge on any atom is 0.243 e. The molecule has 0 aliphatic carbocycles. The van der Waals surface area contributed by atoms with Crippen LogP contribution in [0.5, 0.6) is 5.75 Å². The average molecular weight is 498 g/mol. The largest absolute Gasteiger partial charge is 0.490 e. The number of benzene rings is 3. The average Bonchev–Trinajstić information content (AvgIpc) is 2.90. The van der Waals surface area contributed by atoms with Crippen LogP contribution in [0, 0.1) is 0 Å². The summed E-state index contributed by atoms with van der Waals surface area (Å²) >= 11 is 6.02.